The Bertz CT molecular complexity index is 804. The number of rotatable bonds is 6. The molecule has 2 N–H and O–H groups in total. The first-order chi connectivity index (χ1) is 12.1. The maximum absolute atomic E-state index is 12.5. The number of hydrogen-bond acceptors (Lipinski definition) is 5. The van der Waals surface area contributed by atoms with Gasteiger partial charge < -0.3 is 10.7 Å². The molecule has 0 bridgehead atoms. The van der Waals surface area contributed by atoms with Crippen LogP contribution < -0.4 is 5.84 Å². The number of nitrogens with zero attached hydrogens (tertiary/aromatic N) is 4. The standard InChI is InChI=1S/C17H20BrN5OS/c1-2-22(12-7-3-4-8-12)15(24)11-25-17-21-20-16(23(17)19)13-9-5-6-10-14(13)18/h5-7,9-10H,2-4,8,11,19H2,1H3. The van der Waals surface area contributed by atoms with Gasteiger partial charge in [0, 0.05) is 22.3 Å². The van der Waals surface area contributed by atoms with Crippen LogP contribution in [-0.2, 0) is 4.79 Å². The van der Waals surface area contributed by atoms with Crippen molar-refractivity contribution in [3.05, 3.63) is 40.5 Å². The van der Waals surface area contributed by atoms with Gasteiger partial charge in [-0.25, -0.2) is 4.68 Å². The molecule has 0 aliphatic heterocycles. The summed E-state index contributed by atoms with van der Waals surface area (Å²) in [6, 6.07) is 7.69. The quantitative estimate of drug-likeness (QED) is 0.570. The lowest BCUT2D eigenvalue weighted by Crippen LogP contribution is -2.31. The number of carbonyl (C=O) groups is 1. The van der Waals surface area contributed by atoms with E-state index in [9.17, 15) is 4.79 Å². The van der Waals surface area contributed by atoms with Crippen LogP contribution in [0.3, 0.4) is 0 Å². The van der Waals surface area contributed by atoms with Crippen molar-refractivity contribution in [3.63, 3.8) is 0 Å². The molecule has 25 heavy (non-hydrogen) atoms. The van der Waals surface area contributed by atoms with Crippen LogP contribution in [-0.4, -0.2) is 38.0 Å². The monoisotopic (exact) mass is 421 g/mol. The topological polar surface area (TPSA) is 77.0 Å². The van der Waals surface area contributed by atoms with E-state index >= 15 is 0 Å². The molecule has 2 aromatic rings. The Morgan fingerprint density at radius 1 is 1.40 bits per heavy atom. The minimum atomic E-state index is 0.0751. The van der Waals surface area contributed by atoms with Crippen LogP contribution in [0.15, 0.2) is 45.7 Å². The second-order valence-electron chi connectivity index (χ2n) is 5.67. The van der Waals surface area contributed by atoms with E-state index < -0.39 is 0 Å². The zero-order chi connectivity index (χ0) is 17.8. The molecule has 1 aromatic carbocycles. The van der Waals surface area contributed by atoms with E-state index in [2.05, 4.69) is 32.2 Å². The lowest BCUT2D eigenvalue weighted by Gasteiger charge is -2.21. The second kappa shape index (κ2) is 8.05. The maximum atomic E-state index is 12.5. The number of nitrogen functional groups attached to an aromatic ring is 1. The fourth-order valence-corrected chi connectivity index (χ4v) is 4.04. The normalized spacial score (nSPS) is 13.8. The third-order valence-electron chi connectivity index (χ3n) is 4.09. The number of thioether (sulfide) groups is 1. The Labute approximate surface area is 159 Å². The summed E-state index contributed by atoms with van der Waals surface area (Å²) in [5.41, 5.74) is 2.00. The molecule has 0 atom stereocenters. The third-order valence-corrected chi connectivity index (χ3v) is 5.70. The van der Waals surface area contributed by atoms with E-state index in [4.69, 9.17) is 5.84 Å². The van der Waals surface area contributed by atoms with E-state index in [1.54, 1.807) is 0 Å². The number of nitrogens with two attached hydrogens (primary N) is 1. The van der Waals surface area contributed by atoms with Gasteiger partial charge >= 0.3 is 0 Å². The van der Waals surface area contributed by atoms with Crippen molar-refractivity contribution < 1.29 is 4.79 Å². The van der Waals surface area contributed by atoms with Crippen LogP contribution in [0.4, 0.5) is 0 Å². The van der Waals surface area contributed by atoms with Gasteiger partial charge in [-0.2, -0.15) is 0 Å². The van der Waals surface area contributed by atoms with Crippen LogP contribution >= 0.6 is 27.7 Å². The lowest BCUT2D eigenvalue weighted by atomic mass is 10.2. The second-order valence-corrected chi connectivity index (χ2v) is 7.47. The molecule has 0 spiro atoms. The van der Waals surface area contributed by atoms with Gasteiger partial charge in [0.1, 0.15) is 0 Å². The molecule has 1 aromatic heterocycles. The van der Waals surface area contributed by atoms with Gasteiger partial charge in [-0.3, -0.25) is 4.79 Å². The predicted octanol–water partition coefficient (Wildman–Crippen LogP) is 3.43. The van der Waals surface area contributed by atoms with Crippen molar-refractivity contribution in [2.45, 2.75) is 31.3 Å². The number of aromatic nitrogens is 3. The summed E-state index contributed by atoms with van der Waals surface area (Å²) < 4.78 is 2.33. The number of carbonyl (C=O) groups excluding carboxylic acids is 1. The molecule has 3 rings (SSSR count). The Morgan fingerprint density at radius 2 is 2.20 bits per heavy atom. The predicted molar refractivity (Wildman–Crippen MR) is 103 cm³/mol. The Kier molecular flexibility index (Phi) is 5.80. The molecule has 8 heteroatoms. The first-order valence-corrected chi connectivity index (χ1v) is 9.97. The van der Waals surface area contributed by atoms with Crippen LogP contribution in [0, 0.1) is 0 Å². The van der Waals surface area contributed by atoms with Crippen molar-refractivity contribution in [2.24, 2.45) is 0 Å². The van der Waals surface area contributed by atoms with Crippen LogP contribution in [0.2, 0.25) is 0 Å². The summed E-state index contributed by atoms with van der Waals surface area (Å²) in [4.78, 5) is 14.4. The fourth-order valence-electron chi connectivity index (χ4n) is 2.84. The molecular formula is C17H20BrN5OS. The minimum absolute atomic E-state index is 0.0751. The van der Waals surface area contributed by atoms with Crippen LogP contribution in [0.5, 0.6) is 0 Å². The van der Waals surface area contributed by atoms with Gasteiger partial charge in [-0.1, -0.05) is 45.9 Å². The summed E-state index contributed by atoms with van der Waals surface area (Å²) >= 11 is 4.80. The van der Waals surface area contributed by atoms with Crippen LogP contribution in [0.1, 0.15) is 26.2 Å². The average Bonchev–Trinajstić information content (AvgIpc) is 3.25. The molecule has 6 nitrogen and oxygen atoms in total. The highest BCUT2D eigenvalue weighted by Crippen LogP contribution is 2.28. The molecule has 0 saturated heterocycles. The third kappa shape index (κ3) is 3.90. The van der Waals surface area contributed by atoms with E-state index in [1.807, 2.05) is 36.1 Å². The molecule has 0 unspecified atom stereocenters. The Balaban J connectivity index is 1.70. The van der Waals surface area contributed by atoms with Gasteiger partial charge in [0.15, 0.2) is 5.82 Å². The Morgan fingerprint density at radius 3 is 2.88 bits per heavy atom. The van der Waals surface area contributed by atoms with Crippen molar-refractivity contribution >= 4 is 33.6 Å². The van der Waals surface area contributed by atoms with Crippen molar-refractivity contribution in [1.82, 2.24) is 19.8 Å². The summed E-state index contributed by atoms with van der Waals surface area (Å²) in [6.07, 6.45) is 5.31. The van der Waals surface area contributed by atoms with E-state index in [0.717, 1.165) is 35.0 Å². The summed E-state index contributed by atoms with van der Waals surface area (Å²) in [5.74, 6) is 7.06. The van der Waals surface area contributed by atoms with Gasteiger partial charge in [-0.15, -0.1) is 10.2 Å². The fraction of sp³-hybridized carbons (Fsp3) is 0.353. The van der Waals surface area contributed by atoms with Gasteiger partial charge in [0.25, 0.3) is 0 Å². The number of hydrogen-bond donors (Lipinski definition) is 1. The van der Waals surface area contributed by atoms with E-state index in [1.165, 1.54) is 16.4 Å². The number of halogens is 1. The number of benzene rings is 1. The van der Waals surface area contributed by atoms with Crippen molar-refractivity contribution in [1.29, 1.82) is 0 Å². The number of amides is 1. The van der Waals surface area contributed by atoms with E-state index in [-0.39, 0.29) is 11.7 Å². The highest BCUT2D eigenvalue weighted by Gasteiger charge is 2.20. The smallest absolute Gasteiger partial charge is 0.237 e. The van der Waals surface area contributed by atoms with Crippen LogP contribution in [0.25, 0.3) is 11.4 Å². The molecule has 1 aliphatic carbocycles. The molecule has 0 radical (unpaired) electrons. The minimum Gasteiger partial charge on any atom is -0.335 e. The molecule has 0 saturated carbocycles. The zero-order valence-electron chi connectivity index (χ0n) is 14.0. The maximum Gasteiger partial charge on any atom is 0.237 e. The van der Waals surface area contributed by atoms with Gasteiger partial charge in [0.05, 0.1) is 5.75 Å². The zero-order valence-corrected chi connectivity index (χ0v) is 16.4. The SMILES string of the molecule is CCN(C(=O)CSc1nnc(-c2ccccc2Br)n1N)C1=CCCC1. The summed E-state index contributed by atoms with van der Waals surface area (Å²) in [5, 5.41) is 8.82. The number of allylic oxidation sites excluding steroid dienone is 2. The summed E-state index contributed by atoms with van der Waals surface area (Å²) in [7, 11) is 0. The molecule has 1 amide bonds. The average molecular weight is 422 g/mol. The van der Waals surface area contributed by atoms with E-state index in [0.29, 0.717) is 17.5 Å². The first-order valence-electron chi connectivity index (χ1n) is 8.19. The summed E-state index contributed by atoms with van der Waals surface area (Å²) in [6.45, 7) is 2.68. The molecule has 0 fully saturated rings. The molecule has 132 valence electrons. The highest BCUT2D eigenvalue weighted by molar-refractivity contribution is 9.10. The largest absolute Gasteiger partial charge is 0.335 e. The molecule has 1 heterocycles. The first kappa shape index (κ1) is 18.0. The van der Waals surface area contributed by atoms with Crippen molar-refractivity contribution in [2.75, 3.05) is 18.1 Å². The highest BCUT2D eigenvalue weighted by atomic mass is 79.9. The molecular weight excluding hydrogens is 402 g/mol. The van der Waals surface area contributed by atoms with Crippen molar-refractivity contribution in [3.8, 4) is 11.4 Å². The lowest BCUT2D eigenvalue weighted by molar-refractivity contribution is -0.126. The van der Waals surface area contributed by atoms with Gasteiger partial charge in [-0.05, 0) is 38.3 Å². The molecule has 1 aliphatic rings. The Hall–Kier alpha value is -1.80. The van der Waals surface area contributed by atoms with Gasteiger partial charge in [0.2, 0.25) is 11.1 Å².